The molecule has 1 amide bonds. The number of thioether (sulfide) groups is 1. The summed E-state index contributed by atoms with van der Waals surface area (Å²) in [7, 11) is 0. The molecule has 8 heteroatoms. The second-order valence-corrected chi connectivity index (χ2v) is 9.09. The lowest BCUT2D eigenvalue weighted by Gasteiger charge is -2.34. The third kappa shape index (κ3) is 4.11. The molecular weight excluding hydrogens is 417 g/mol. The van der Waals surface area contributed by atoms with Crippen molar-refractivity contribution in [3.63, 3.8) is 0 Å². The number of nitrogens with zero attached hydrogens (tertiary/aromatic N) is 3. The van der Waals surface area contributed by atoms with E-state index in [1.165, 1.54) is 23.9 Å². The van der Waals surface area contributed by atoms with Crippen molar-refractivity contribution in [2.75, 3.05) is 36.8 Å². The van der Waals surface area contributed by atoms with E-state index >= 15 is 0 Å². The minimum Gasteiger partial charge on any atom is -0.345 e. The summed E-state index contributed by atoms with van der Waals surface area (Å²) in [4.78, 5) is 22.3. The van der Waals surface area contributed by atoms with Crippen LogP contribution in [0.2, 0.25) is 5.02 Å². The van der Waals surface area contributed by atoms with E-state index in [4.69, 9.17) is 16.6 Å². The number of hydrogen-bond acceptors (Lipinski definition) is 5. The molecule has 0 aliphatic carbocycles. The molecule has 1 aromatic heterocycles. The lowest BCUT2D eigenvalue weighted by molar-refractivity contribution is -0.128. The molecule has 4 nitrogen and oxygen atoms in total. The molecule has 0 radical (unpaired) electrons. The number of aryl methyl sites for hydroxylation is 1. The number of thiazole rings is 1. The zero-order valence-electron chi connectivity index (χ0n) is 15.3. The highest BCUT2D eigenvalue weighted by Gasteiger charge is 2.23. The van der Waals surface area contributed by atoms with Gasteiger partial charge in [0, 0.05) is 36.1 Å². The van der Waals surface area contributed by atoms with Gasteiger partial charge in [0.15, 0.2) is 5.13 Å². The SMILES string of the molecule is Cc1c(Cl)ccc2sc(N3CCN(C(=O)CSc4ccc(F)cc4)CC3)nc12. The largest absolute Gasteiger partial charge is 0.345 e. The molecule has 1 saturated heterocycles. The third-order valence-electron chi connectivity index (χ3n) is 4.82. The van der Waals surface area contributed by atoms with Crippen molar-refractivity contribution in [1.82, 2.24) is 9.88 Å². The van der Waals surface area contributed by atoms with Gasteiger partial charge in [0.1, 0.15) is 5.82 Å². The van der Waals surface area contributed by atoms with Crippen LogP contribution in [0.1, 0.15) is 5.56 Å². The Balaban J connectivity index is 1.34. The molecule has 4 rings (SSSR count). The summed E-state index contributed by atoms with van der Waals surface area (Å²) >= 11 is 9.31. The van der Waals surface area contributed by atoms with Gasteiger partial charge in [-0.1, -0.05) is 22.9 Å². The standard InChI is InChI=1S/C20H19ClFN3OS2/c1-13-16(21)6-7-17-19(13)23-20(28-17)25-10-8-24(9-11-25)18(26)12-27-15-4-2-14(22)3-5-15/h2-7H,8-12H2,1H3. The number of benzene rings is 2. The topological polar surface area (TPSA) is 36.4 Å². The van der Waals surface area contributed by atoms with Gasteiger partial charge in [0.2, 0.25) is 5.91 Å². The minimum absolute atomic E-state index is 0.112. The summed E-state index contributed by atoms with van der Waals surface area (Å²) in [5.74, 6) is 0.213. The number of amides is 1. The van der Waals surface area contributed by atoms with Crippen molar-refractivity contribution in [3.8, 4) is 0 Å². The normalized spacial score (nSPS) is 14.7. The number of piperazine rings is 1. The fourth-order valence-corrected chi connectivity index (χ4v) is 5.17. The first-order valence-corrected chi connectivity index (χ1v) is 11.2. The number of carbonyl (C=O) groups is 1. The van der Waals surface area contributed by atoms with Crippen molar-refractivity contribution < 1.29 is 9.18 Å². The van der Waals surface area contributed by atoms with Gasteiger partial charge in [-0.3, -0.25) is 4.79 Å². The fraction of sp³-hybridized carbons (Fsp3) is 0.300. The molecule has 1 aliphatic heterocycles. The summed E-state index contributed by atoms with van der Waals surface area (Å²) in [6.45, 7) is 4.87. The maximum absolute atomic E-state index is 13.0. The van der Waals surface area contributed by atoms with E-state index in [1.54, 1.807) is 23.5 Å². The Hall–Kier alpha value is -1.83. The first-order valence-electron chi connectivity index (χ1n) is 8.98. The molecule has 0 saturated carbocycles. The van der Waals surface area contributed by atoms with Crippen LogP contribution in [-0.2, 0) is 4.79 Å². The van der Waals surface area contributed by atoms with Gasteiger partial charge in [0.05, 0.1) is 16.0 Å². The molecule has 0 unspecified atom stereocenters. The second kappa shape index (κ2) is 8.27. The molecule has 2 aromatic carbocycles. The van der Waals surface area contributed by atoms with Gasteiger partial charge < -0.3 is 9.80 Å². The molecular formula is C20H19ClFN3OS2. The highest BCUT2D eigenvalue weighted by atomic mass is 35.5. The predicted molar refractivity (Wildman–Crippen MR) is 115 cm³/mol. The summed E-state index contributed by atoms with van der Waals surface area (Å²) in [5, 5.41) is 1.71. The molecule has 1 aliphatic rings. The van der Waals surface area contributed by atoms with Crippen LogP contribution in [-0.4, -0.2) is 47.7 Å². The van der Waals surface area contributed by atoms with Crippen LogP contribution in [0, 0.1) is 12.7 Å². The van der Waals surface area contributed by atoms with Gasteiger partial charge in [-0.25, -0.2) is 9.37 Å². The Kier molecular flexibility index (Phi) is 5.75. The average molecular weight is 436 g/mol. The summed E-state index contributed by atoms with van der Waals surface area (Å²) in [6.07, 6.45) is 0. The van der Waals surface area contributed by atoms with E-state index in [2.05, 4.69) is 4.90 Å². The van der Waals surface area contributed by atoms with E-state index in [-0.39, 0.29) is 11.7 Å². The third-order valence-corrected chi connectivity index (χ3v) is 7.30. The number of carbonyl (C=O) groups excluding carboxylic acids is 1. The number of aromatic nitrogens is 1. The van der Waals surface area contributed by atoms with E-state index in [9.17, 15) is 9.18 Å². The van der Waals surface area contributed by atoms with Crippen LogP contribution in [0.25, 0.3) is 10.2 Å². The molecule has 2 heterocycles. The van der Waals surface area contributed by atoms with E-state index in [0.717, 1.165) is 43.9 Å². The molecule has 1 fully saturated rings. The van der Waals surface area contributed by atoms with E-state index in [1.807, 2.05) is 24.0 Å². The number of anilines is 1. The van der Waals surface area contributed by atoms with Crippen LogP contribution in [0.5, 0.6) is 0 Å². The number of halogens is 2. The Morgan fingerprint density at radius 3 is 2.61 bits per heavy atom. The fourth-order valence-electron chi connectivity index (χ4n) is 3.14. The Morgan fingerprint density at radius 2 is 1.89 bits per heavy atom. The van der Waals surface area contributed by atoms with E-state index in [0.29, 0.717) is 18.8 Å². The Labute approximate surface area is 176 Å². The first-order chi connectivity index (χ1) is 13.5. The maximum atomic E-state index is 13.0. The van der Waals surface area contributed by atoms with Crippen LogP contribution >= 0.6 is 34.7 Å². The monoisotopic (exact) mass is 435 g/mol. The van der Waals surface area contributed by atoms with Crippen molar-refractivity contribution in [2.24, 2.45) is 0 Å². The predicted octanol–water partition coefficient (Wildman–Crippen LogP) is 4.84. The molecule has 3 aromatic rings. The molecule has 0 bridgehead atoms. The number of fused-ring (bicyclic) bond motifs is 1. The van der Waals surface area contributed by atoms with Gasteiger partial charge in [-0.15, -0.1) is 11.8 Å². The van der Waals surface area contributed by atoms with Gasteiger partial charge >= 0.3 is 0 Å². The quantitative estimate of drug-likeness (QED) is 0.549. The van der Waals surface area contributed by atoms with Crippen LogP contribution < -0.4 is 4.90 Å². The Bertz CT molecular complexity index is 1000. The van der Waals surface area contributed by atoms with Crippen LogP contribution in [0.3, 0.4) is 0 Å². The molecule has 0 N–H and O–H groups in total. The number of rotatable bonds is 4. The van der Waals surface area contributed by atoms with Crippen LogP contribution in [0.15, 0.2) is 41.3 Å². The van der Waals surface area contributed by atoms with Crippen LogP contribution in [0.4, 0.5) is 9.52 Å². The highest BCUT2D eigenvalue weighted by Crippen LogP contribution is 2.33. The van der Waals surface area contributed by atoms with Gasteiger partial charge in [-0.05, 0) is 48.9 Å². The molecule has 0 atom stereocenters. The summed E-state index contributed by atoms with van der Waals surface area (Å²) < 4.78 is 14.1. The Morgan fingerprint density at radius 1 is 1.18 bits per heavy atom. The molecule has 28 heavy (non-hydrogen) atoms. The van der Waals surface area contributed by atoms with Crippen molar-refractivity contribution in [3.05, 3.63) is 52.8 Å². The number of hydrogen-bond donors (Lipinski definition) is 0. The van der Waals surface area contributed by atoms with Gasteiger partial charge in [-0.2, -0.15) is 0 Å². The smallest absolute Gasteiger partial charge is 0.233 e. The lowest BCUT2D eigenvalue weighted by Crippen LogP contribution is -2.49. The van der Waals surface area contributed by atoms with E-state index < -0.39 is 0 Å². The first kappa shape index (κ1) is 19.5. The maximum Gasteiger partial charge on any atom is 0.233 e. The summed E-state index contributed by atoms with van der Waals surface area (Å²) in [5.41, 5.74) is 1.97. The lowest BCUT2D eigenvalue weighted by atomic mass is 10.2. The molecule has 0 spiro atoms. The van der Waals surface area contributed by atoms with Crippen molar-refractivity contribution in [2.45, 2.75) is 11.8 Å². The molecule has 146 valence electrons. The van der Waals surface area contributed by atoms with Gasteiger partial charge in [0.25, 0.3) is 0 Å². The van der Waals surface area contributed by atoms with Crippen molar-refractivity contribution >= 4 is 56.0 Å². The minimum atomic E-state index is -0.265. The zero-order valence-corrected chi connectivity index (χ0v) is 17.7. The average Bonchev–Trinajstić information content (AvgIpc) is 3.15. The zero-order chi connectivity index (χ0) is 19.7. The highest BCUT2D eigenvalue weighted by molar-refractivity contribution is 8.00. The van der Waals surface area contributed by atoms with Crippen molar-refractivity contribution in [1.29, 1.82) is 0 Å². The second-order valence-electron chi connectivity index (χ2n) is 6.63. The summed E-state index contributed by atoms with van der Waals surface area (Å²) in [6, 6.07) is 10.2.